The van der Waals surface area contributed by atoms with Crippen LogP contribution in [0.4, 0.5) is 30.9 Å². The van der Waals surface area contributed by atoms with E-state index in [0.717, 1.165) is 18.7 Å². The monoisotopic (exact) mass is 440 g/mol. The second-order valence-electron chi connectivity index (χ2n) is 6.96. The second kappa shape index (κ2) is 7.61. The van der Waals surface area contributed by atoms with Crippen LogP contribution < -0.4 is 4.90 Å². The van der Waals surface area contributed by atoms with Gasteiger partial charge in [0, 0.05) is 0 Å². The van der Waals surface area contributed by atoms with Gasteiger partial charge in [0.15, 0.2) is 0 Å². The van der Waals surface area contributed by atoms with E-state index < -0.39 is 7.81 Å². The summed E-state index contributed by atoms with van der Waals surface area (Å²) in [6.07, 6.45) is 2.14. The molecule has 0 aromatic heterocycles. The number of anilines is 1. The normalized spacial score (nSPS) is 17.6. The van der Waals surface area contributed by atoms with Crippen molar-refractivity contribution in [3.63, 3.8) is 0 Å². The van der Waals surface area contributed by atoms with Gasteiger partial charge in [-0.1, -0.05) is 36.4 Å². The summed E-state index contributed by atoms with van der Waals surface area (Å²) in [5.74, 6) is 0. The zero-order valence-electron chi connectivity index (χ0n) is 16.0. The molecule has 0 fully saturated rings. The molecule has 3 rings (SSSR count). The number of benzene rings is 2. The Morgan fingerprint density at radius 2 is 1.48 bits per heavy atom. The molecule has 2 aromatic carbocycles. The van der Waals surface area contributed by atoms with Crippen molar-refractivity contribution in [2.45, 2.75) is 19.9 Å². The Hall–Kier alpha value is -2.12. The van der Waals surface area contributed by atoms with Crippen LogP contribution in [-0.2, 0) is 0 Å². The van der Waals surface area contributed by atoms with Gasteiger partial charge < -0.3 is 5.11 Å². The molecule has 3 nitrogen and oxygen atoms in total. The molecule has 162 valence electrons. The molecule has 0 unspecified atom stereocenters. The van der Waals surface area contributed by atoms with Gasteiger partial charge in [-0.05, 0) is 42.7 Å². The van der Waals surface area contributed by atoms with E-state index >= 15 is 0 Å². The average molecular weight is 440 g/mol. The van der Waals surface area contributed by atoms with Gasteiger partial charge in [-0.2, -0.15) is 0 Å². The van der Waals surface area contributed by atoms with Crippen LogP contribution in [0.2, 0.25) is 0 Å². The van der Waals surface area contributed by atoms with Crippen molar-refractivity contribution in [3.8, 4) is 0 Å². The molecule has 1 heterocycles. The molecule has 0 spiro atoms. The predicted octanol–water partition coefficient (Wildman–Crippen LogP) is 6.28. The van der Waals surface area contributed by atoms with Gasteiger partial charge in [0.05, 0.1) is 6.61 Å². The molecule has 0 saturated heterocycles. The Bertz CT molecular complexity index is 853. The van der Waals surface area contributed by atoms with Gasteiger partial charge in [0.1, 0.15) is 24.8 Å². The summed E-state index contributed by atoms with van der Waals surface area (Å²) in [6.45, 7) is 6.26. The summed E-state index contributed by atoms with van der Waals surface area (Å²) in [5.41, 5.74) is 4.94. The van der Waals surface area contributed by atoms with E-state index in [4.69, 9.17) is 0 Å². The Balaban J connectivity index is 0.000000370. The fourth-order valence-electron chi connectivity index (χ4n) is 3.14. The molecular formula is C19H23F6N2OP. The van der Waals surface area contributed by atoms with Crippen LogP contribution in [0, 0.1) is 13.8 Å². The molecule has 10 heteroatoms. The van der Waals surface area contributed by atoms with Crippen molar-refractivity contribution in [1.29, 1.82) is 0 Å². The number of aliphatic hydroxyl groups is 1. The number of hydrogen-bond acceptors (Lipinski definition) is 2. The third-order valence-corrected chi connectivity index (χ3v) is 4.18. The van der Waals surface area contributed by atoms with Gasteiger partial charge in [0.25, 0.3) is 0 Å². The van der Waals surface area contributed by atoms with Crippen LogP contribution in [0.15, 0.2) is 48.5 Å². The van der Waals surface area contributed by atoms with Crippen molar-refractivity contribution in [1.82, 2.24) is 0 Å². The topological polar surface area (TPSA) is 26.5 Å². The third-order valence-electron chi connectivity index (χ3n) is 4.18. The van der Waals surface area contributed by atoms with Crippen LogP contribution >= 0.6 is 7.81 Å². The number of hydrogen-bond donors (Lipinski definition) is 1. The fraction of sp³-hybridized carbons (Fsp3) is 0.316. The Labute approximate surface area is 165 Å². The van der Waals surface area contributed by atoms with E-state index in [1.807, 2.05) is 18.2 Å². The third kappa shape index (κ3) is 8.83. The molecule has 0 aliphatic carbocycles. The molecular weight excluding hydrogens is 417 g/mol. The fourth-order valence-corrected chi connectivity index (χ4v) is 3.14. The first-order valence-electron chi connectivity index (χ1n) is 8.80. The van der Waals surface area contributed by atoms with E-state index in [0.29, 0.717) is 0 Å². The first kappa shape index (κ1) is 23.2. The SMILES string of the molecule is Cc1cc(C)cc(N2C=[N+]([C@@H](CO)c3ccccc3)CC2)c1.F[P-](F)(F)(F)(F)F. The summed E-state index contributed by atoms with van der Waals surface area (Å²) >= 11 is 0. The Morgan fingerprint density at radius 1 is 0.966 bits per heavy atom. The van der Waals surface area contributed by atoms with Crippen molar-refractivity contribution < 1.29 is 34.9 Å². The molecule has 1 N–H and O–H groups in total. The van der Waals surface area contributed by atoms with Gasteiger partial charge in [0.2, 0.25) is 6.34 Å². The molecule has 0 radical (unpaired) electrons. The summed E-state index contributed by atoms with van der Waals surface area (Å²) in [5, 5.41) is 9.80. The summed E-state index contributed by atoms with van der Waals surface area (Å²) < 4.78 is 61.4. The molecule has 0 saturated carbocycles. The molecule has 0 amide bonds. The molecule has 29 heavy (non-hydrogen) atoms. The summed E-state index contributed by atoms with van der Waals surface area (Å²) in [4.78, 5) is 2.27. The predicted molar refractivity (Wildman–Crippen MR) is 104 cm³/mol. The summed E-state index contributed by atoms with van der Waals surface area (Å²) in [7, 11) is -10.7. The summed E-state index contributed by atoms with van der Waals surface area (Å²) in [6, 6.07) is 16.9. The van der Waals surface area contributed by atoms with Crippen LogP contribution in [0.25, 0.3) is 0 Å². The first-order chi connectivity index (χ1) is 13.1. The Kier molecular flexibility index (Phi) is 6.08. The Morgan fingerprint density at radius 3 is 1.97 bits per heavy atom. The van der Waals surface area contributed by atoms with Gasteiger partial charge >= 0.3 is 33.0 Å². The average Bonchev–Trinajstić information content (AvgIpc) is 3.02. The van der Waals surface area contributed by atoms with Crippen LogP contribution in [0.5, 0.6) is 0 Å². The van der Waals surface area contributed by atoms with Crippen LogP contribution in [0.1, 0.15) is 22.7 Å². The standard InChI is InChI=1S/C19H23N2O.F6P/c1-15-10-16(2)12-18(11-15)20-8-9-21(14-20)19(13-22)17-6-4-3-5-7-17;1-7(2,3,4,5)6/h3-7,10-12,14,19,22H,8-9,13H2,1-2H3;/q+1;-1/t19-;/m0./s1. The van der Waals surface area contributed by atoms with Crippen LogP contribution in [0.3, 0.4) is 0 Å². The molecule has 1 atom stereocenters. The number of aryl methyl sites for hydroxylation is 2. The van der Waals surface area contributed by atoms with Crippen molar-refractivity contribution >= 4 is 19.8 Å². The second-order valence-corrected chi connectivity index (χ2v) is 8.88. The zero-order valence-corrected chi connectivity index (χ0v) is 16.8. The quantitative estimate of drug-likeness (QED) is 0.344. The number of aliphatic hydroxyl groups excluding tert-OH is 1. The molecule has 1 aliphatic rings. The first-order valence-corrected chi connectivity index (χ1v) is 10.8. The number of halogens is 6. The molecule has 0 bridgehead atoms. The minimum atomic E-state index is -10.7. The maximum absolute atomic E-state index is 10.7. The van der Waals surface area contributed by atoms with E-state index in [1.54, 1.807) is 0 Å². The maximum atomic E-state index is 9.87. The van der Waals surface area contributed by atoms with Gasteiger partial charge in [-0.15, -0.1) is 0 Å². The minimum absolute atomic E-state index is 0.0251. The molecule has 2 aromatic rings. The van der Waals surface area contributed by atoms with Crippen molar-refractivity contribution in [2.24, 2.45) is 0 Å². The molecule has 1 aliphatic heterocycles. The van der Waals surface area contributed by atoms with Crippen molar-refractivity contribution in [3.05, 3.63) is 65.2 Å². The van der Waals surface area contributed by atoms with E-state index in [-0.39, 0.29) is 12.6 Å². The number of nitrogens with zero attached hydrogens (tertiary/aromatic N) is 2. The van der Waals surface area contributed by atoms with Crippen molar-refractivity contribution in [2.75, 3.05) is 24.6 Å². The van der Waals surface area contributed by atoms with Gasteiger partial charge in [-0.25, -0.2) is 4.90 Å². The van der Waals surface area contributed by atoms with E-state index in [9.17, 15) is 30.3 Å². The van der Waals surface area contributed by atoms with Gasteiger partial charge in [-0.3, -0.25) is 4.58 Å². The van der Waals surface area contributed by atoms with Crippen LogP contribution in [-0.4, -0.2) is 35.7 Å². The van der Waals surface area contributed by atoms with E-state index in [2.05, 4.69) is 60.0 Å². The number of rotatable bonds is 4. The van der Waals surface area contributed by atoms with E-state index in [1.165, 1.54) is 16.8 Å². The zero-order chi connectivity index (χ0) is 21.9.